The monoisotopic (exact) mass is 244 g/mol. The summed E-state index contributed by atoms with van der Waals surface area (Å²) >= 11 is 0. The van der Waals surface area contributed by atoms with E-state index < -0.39 is 5.97 Å². The van der Waals surface area contributed by atoms with Gasteiger partial charge in [0.05, 0.1) is 12.8 Å². The lowest BCUT2D eigenvalue weighted by Crippen LogP contribution is -2.16. The van der Waals surface area contributed by atoms with Crippen molar-refractivity contribution in [1.82, 2.24) is 14.8 Å². The van der Waals surface area contributed by atoms with E-state index in [2.05, 4.69) is 10.1 Å². The van der Waals surface area contributed by atoms with E-state index in [9.17, 15) is 4.79 Å². The maximum absolute atomic E-state index is 11.8. The van der Waals surface area contributed by atoms with Crippen molar-refractivity contribution in [3.05, 3.63) is 48.5 Å². The van der Waals surface area contributed by atoms with Crippen molar-refractivity contribution < 1.29 is 9.53 Å². The Morgan fingerprint density at radius 1 is 1.33 bits per heavy atom. The number of rotatable bonds is 3. The molecule has 0 radical (unpaired) electrons. The number of hydrogen-bond acceptors (Lipinski definition) is 5. The molecule has 0 bridgehead atoms. The molecule has 0 aliphatic heterocycles. The Labute approximate surface area is 104 Å². The third kappa shape index (κ3) is 2.22. The van der Waals surface area contributed by atoms with Crippen LogP contribution in [0.4, 0.5) is 0 Å². The van der Waals surface area contributed by atoms with Gasteiger partial charge in [0, 0.05) is 0 Å². The van der Waals surface area contributed by atoms with Crippen LogP contribution in [0.2, 0.25) is 0 Å². The molecular formula is C12H12N4O2. The molecule has 6 heteroatoms. The second-order valence-corrected chi connectivity index (χ2v) is 3.46. The van der Waals surface area contributed by atoms with Gasteiger partial charge in [-0.05, 0) is 5.56 Å². The lowest BCUT2D eigenvalue weighted by Gasteiger charge is -2.09. The highest BCUT2D eigenvalue weighted by Crippen LogP contribution is 2.17. The van der Waals surface area contributed by atoms with Gasteiger partial charge in [0.2, 0.25) is 0 Å². The highest BCUT2D eigenvalue weighted by atomic mass is 16.5. The van der Waals surface area contributed by atoms with E-state index in [4.69, 9.17) is 10.5 Å². The van der Waals surface area contributed by atoms with Crippen molar-refractivity contribution in [2.75, 3.05) is 7.11 Å². The molecule has 1 aromatic carbocycles. The Hall–Kier alpha value is -2.63. The predicted molar refractivity (Wildman–Crippen MR) is 65.8 cm³/mol. The summed E-state index contributed by atoms with van der Waals surface area (Å²) in [7, 11) is 1.29. The van der Waals surface area contributed by atoms with Gasteiger partial charge >= 0.3 is 5.97 Å². The molecule has 6 nitrogen and oxygen atoms in total. The molecule has 0 saturated carbocycles. The molecule has 0 fully saturated rings. The Kier molecular flexibility index (Phi) is 3.38. The quantitative estimate of drug-likeness (QED) is 0.636. The standard InChI is InChI=1S/C12H12N4O2/c1-18-12(17)11(16-8-14-7-15-16)10(13)9-5-3-2-4-6-9/h2-8H,13H2,1H3. The molecule has 1 heterocycles. The first-order valence-corrected chi connectivity index (χ1v) is 5.22. The largest absolute Gasteiger partial charge is 0.464 e. The van der Waals surface area contributed by atoms with Gasteiger partial charge in [-0.15, -0.1) is 0 Å². The topological polar surface area (TPSA) is 83.0 Å². The van der Waals surface area contributed by atoms with Crippen LogP contribution in [-0.4, -0.2) is 27.8 Å². The second kappa shape index (κ2) is 5.13. The van der Waals surface area contributed by atoms with Crippen molar-refractivity contribution in [1.29, 1.82) is 0 Å². The number of nitrogens with zero attached hydrogens (tertiary/aromatic N) is 3. The van der Waals surface area contributed by atoms with Crippen LogP contribution in [0.15, 0.2) is 43.0 Å². The summed E-state index contributed by atoms with van der Waals surface area (Å²) in [5.74, 6) is -0.568. The number of methoxy groups -OCH3 is 1. The van der Waals surface area contributed by atoms with E-state index in [-0.39, 0.29) is 11.4 Å². The number of ether oxygens (including phenoxy) is 1. The first-order chi connectivity index (χ1) is 8.74. The fourth-order valence-corrected chi connectivity index (χ4v) is 1.50. The van der Waals surface area contributed by atoms with Crippen molar-refractivity contribution in [2.24, 2.45) is 5.73 Å². The van der Waals surface area contributed by atoms with E-state index in [1.54, 1.807) is 12.1 Å². The van der Waals surface area contributed by atoms with Crippen LogP contribution in [0, 0.1) is 0 Å². The Morgan fingerprint density at radius 2 is 2.06 bits per heavy atom. The number of hydrogen-bond donors (Lipinski definition) is 1. The summed E-state index contributed by atoms with van der Waals surface area (Å²) in [6, 6.07) is 9.13. The number of esters is 1. The van der Waals surface area contributed by atoms with Crippen LogP contribution in [0.3, 0.4) is 0 Å². The third-order valence-corrected chi connectivity index (χ3v) is 2.37. The van der Waals surface area contributed by atoms with Crippen LogP contribution in [0.5, 0.6) is 0 Å². The van der Waals surface area contributed by atoms with E-state index in [1.165, 1.54) is 24.4 Å². The van der Waals surface area contributed by atoms with Crippen molar-refractivity contribution in [3.63, 3.8) is 0 Å². The molecule has 2 N–H and O–H groups in total. The minimum atomic E-state index is -0.568. The fourth-order valence-electron chi connectivity index (χ4n) is 1.50. The molecular weight excluding hydrogens is 232 g/mol. The summed E-state index contributed by atoms with van der Waals surface area (Å²) in [5, 5.41) is 3.90. The van der Waals surface area contributed by atoms with Gasteiger partial charge in [-0.25, -0.2) is 14.5 Å². The predicted octanol–water partition coefficient (Wildman–Crippen LogP) is 0.736. The first-order valence-electron chi connectivity index (χ1n) is 5.22. The Morgan fingerprint density at radius 3 is 2.61 bits per heavy atom. The van der Waals surface area contributed by atoms with Crippen molar-refractivity contribution in [3.8, 4) is 0 Å². The molecule has 0 aliphatic rings. The van der Waals surface area contributed by atoms with Gasteiger partial charge in [0.25, 0.3) is 0 Å². The Balaban J connectivity index is 2.56. The molecule has 2 rings (SSSR count). The number of nitrogens with two attached hydrogens (primary N) is 1. The van der Waals surface area contributed by atoms with Gasteiger partial charge in [0.1, 0.15) is 12.7 Å². The van der Waals surface area contributed by atoms with Crippen LogP contribution in [0.25, 0.3) is 11.4 Å². The summed E-state index contributed by atoms with van der Waals surface area (Å²) in [5.41, 5.74) is 7.14. The van der Waals surface area contributed by atoms with E-state index >= 15 is 0 Å². The lowest BCUT2D eigenvalue weighted by atomic mass is 10.1. The summed E-state index contributed by atoms with van der Waals surface area (Å²) in [6.45, 7) is 0. The van der Waals surface area contributed by atoms with E-state index in [1.807, 2.05) is 18.2 Å². The molecule has 18 heavy (non-hydrogen) atoms. The molecule has 1 aromatic heterocycles. The second-order valence-electron chi connectivity index (χ2n) is 3.46. The van der Waals surface area contributed by atoms with Crippen LogP contribution in [-0.2, 0) is 9.53 Å². The summed E-state index contributed by atoms with van der Waals surface area (Å²) < 4.78 is 6.00. The lowest BCUT2D eigenvalue weighted by molar-refractivity contribution is -0.134. The van der Waals surface area contributed by atoms with E-state index in [0.29, 0.717) is 5.56 Å². The first kappa shape index (κ1) is 11.8. The van der Waals surface area contributed by atoms with Gasteiger partial charge < -0.3 is 10.5 Å². The van der Waals surface area contributed by atoms with Gasteiger partial charge in [-0.3, -0.25) is 0 Å². The van der Waals surface area contributed by atoms with Crippen molar-refractivity contribution >= 4 is 17.4 Å². The zero-order valence-electron chi connectivity index (χ0n) is 9.78. The SMILES string of the molecule is COC(=O)C(=C(N)c1ccccc1)n1cncn1. The number of benzene rings is 1. The van der Waals surface area contributed by atoms with Crippen LogP contribution < -0.4 is 5.73 Å². The van der Waals surface area contributed by atoms with Crippen LogP contribution >= 0.6 is 0 Å². The van der Waals surface area contributed by atoms with Crippen LogP contribution in [0.1, 0.15) is 5.56 Å². The normalized spacial score (nSPS) is 11.8. The maximum Gasteiger partial charge on any atom is 0.358 e. The third-order valence-electron chi connectivity index (χ3n) is 2.37. The molecule has 0 saturated heterocycles. The van der Waals surface area contributed by atoms with E-state index in [0.717, 1.165) is 0 Å². The van der Waals surface area contributed by atoms with Gasteiger partial charge in [-0.1, -0.05) is 30.3 Å². The van der Waals surface area contributed by atoms with Gasteiger partial charge in [0.15, 0.2) is 5.70 Å². The average molecular weight is 244 g/mol. The zero-order chi connectivity index (χ0) is 13.0. The molecule has 0 unspecified atom stereocenters. The van der Waals surface area contributed by atoms with Crippen molar-refractivity contribution in [2.45, 2.75) is 0 Å². The molecule has 92 valence electrons. The molecule has 2 aromatic rings. The average Bonchev–Trinajstić information content (AvgIpc) is 2.93. The minimum absolute atomic E-state index is 0.140. The smallest absolute Gasteiger partial charge is 0.358 e. The zero-order valence-corrected chi connectivity index (χ0v) is 9.78. The highest BCUT2D eigenvalue weighted by Gasteiger charge is 2.18. The number of aromatic nitrogens is 3. The number of carbonyl (C=O) groups is 1. The molecule has 0 amide bonds. The summed E-state index contributed by atoms with van der Waals surface area (Å²) in [6.07, 6.45) is 2.71. The minimum Gasteiger partial charge on any atom is -0.464 e. The highest BCUT2D eigenvalue weighted by molar-refractivity contribution is 6.17. The molecule has 0 atom stereocenters. The van der Waals surface area contributed by atoms with Gasteiger partial charge in [-0.2, -0.15) is 5.10 Å². The maximum atomic E-state index is 11.8. The molecule has 0 aliphatic carbocycles. The Bertz CT molecular complexity index is 561. The summed E-state index contributed by atoms with van der Waals surface area (Å²) in [4.78, 5) is 15.6. The fraction of sp³-hybridized carbons (Fsp3) is 0.0833. The molecule has 0 spiro atoms. The number of carbonyl (C=O) groups excluding carboxylic acids is 1.